The number of anilines is 2. The molecule has 11 heteroatoms. The Morgan fingerprint density at radius 3 is 2.15 bits per heavy atom. The normalized spacial score (nSPS) is 30.7. The fraction of sp³-hybridized carbons (Fsp3) is 0.514. The number of aromatic nitrogens is 1. The largest absolute Gasteiger partial charge is 0.416 e. The second-order valence-electron chi connectivity index (χ2n) is 15.5. The number of hydrogen-bond donors (Lipinski definition) is 1. The number of amides is 1. The molecule has 0 atom stereocenters. The molecule has 0 saturated heterocycles. The number of benzene rings is 2. The zero-order valence-corrected chi connectivity index (χ0v) is 27.5. The average molecular weight is 682 g/mol. The van der Waals surface area contributed by atoms with Crippen molar-refractivity contribution in [1.82, 2.24) is 4.98 Å². The minimum Gasteiger partial charge on any atom is -0.312 e. The van der Waals surface area contributed by atoms with Gasteiger partial charge in [0, 0.05) is 41.6 Å². The van der Waals surface area contributed by atoms with E-state index in [1.807, 2.05) is 41.3 Å². The Hall–Kier alpha value is -3.47. The first kappa shape index (κ1) is 31.8. The number of alkyl halides is 4. The summed E-state index contributed by atoms with van der Waals surface area (Å²) in [5.41, 5.74) is 0.956. The number of carbonyl (C=O) groups excluding carboxylic acids is 1. The van der Waals surface area contributed by atoms with Crippen LogP contribution in [0.25, 0.3) is 11.1 Å². The van der Waals surface area contributed by atoms with Gasteiger partial charge in [0.15, 0.2) is 0 Å². The molecule has 254 valence electrons. The van der Waals surface area contributed by atoms with E-state index >= 15 is 0 Å². The number of pyridine rings is 1. The second-order valence-corrected chi connectivity index (χ2v) is 17.5. The Kier molecular flexibility index (Phi) is 7.13. The van der Waals surface area contributed by atoms with Gasteiger partial charge in [-0.1, -0.05) is 24.3 Å². The monoisotopic (exact) mass is 681 g/mol. The minimum atomic E-state index is -4.42. The van der Waals surface area contributed by atoms with Gasteiger partial charge in [-0.05, 0) is 129 Å². The molecule has 0 spiro atoms. The molecule has 1 N–H and O–H groups in total. The lowest BCUT2D eigenvalue weighted by atomic mass is 9.41. The van der Waals surface area contributed by atoms with Crippen LogP contribution in [0.3, 0.4) is 0 Å². The van der Waals surface area contributed by atoms with Gasteiger partial charge in [-0.3, -0.25) is 14.5 Å². The summed E-state index contributed by atoms with van der Waals surface area (Å²) in [6, 6.07) is 17.2. The maximum Gasteiger partial charge on any atom is 0.416 e. The standard InChI is InChI=1S/C37H39F4N3O3S/c38-36-21-34(22-36,23-36)20-32(45)44(24-33-11-14-35(15-12-33,16-13-33)31-19-27(10-17-42-31)37(39,40)41)29-3-1-2-26(18-29)25-4-6-28(7-5-25)43-48(46,47)30-8-9-30/h1-7,10,17-19,30,43H,8-9,11-16,20-24H2. The Balaban J connectivity index is 1.03. The fourth-order valence-electron chi connectivity index (χ4n) is 9.12. The lowest BCUT2D eigenvalue weighted by Gasteiger charge is -2.66. The molecule has 1 heterocycles. The van der Waals surface area contributed by atoms with Crippen molar-refractivity contribution in [3.8, 4) is 11.1 Å². The average Bonchev–Trinajstić information content (AvgIpc) is 3.90. The number of sulfonamides is 1. The first-order valence-electron chi connectivity index (χ1n) is 16.9. The van der Waals surface area contributed by atoms with Crippen molar-refractivity contribution in [2.24, 2.45) is 10.8 Å². The predicted octanol–water partition coefficient (Wildman–Crippen LogP) is 8.58. The molecule has 7 saturated carbocycles. The van der Waals surface area contributed by atoms with Gasteiger partial charge in [-0.25, -0.2) is 12.8 Å². The molecule has 6 nitrogen and oxygen atoms in total. The summed E-state index contributed by atoms with van der Waals surface area (Å²) in [5.74, 6) is -0.0185. The Bertz CT molecular complexity index is 1830. The molecule has 48 heavy (non-hydrogen) atoms. The van der Waals surface area contributed by atoms with E-state index in [0.717, 1.165) is 42.1 Å². The van der Waals surface area contributed by atoms with Crippen LogP contribution in [-0.2, 0) is 26.4 Å². The van der Waals surface area contributed by atoms with E-state index in [1.165, 1.54) is 12.3 Å². The van der Waals surface area contributed by atoms with Gasteiger partial charge in [0.05, 0.1) is 10.8 Å². The molecule has 0 unspecified atom stereocenters. The molecule has 7 aliphatic carbocycles. The highest BCUT2D eigenvalue weighted by molar-refractivity contribution is 7.93. The van der Waals surface area contributed by atoms with Gasteiger partial charge < -0.3 is 4.90 Å². The molecule has 1 amide bonds. The summed E-state index contributed by atoms with van der Waals surface area (Å²) in [6.07, 6.45) is 4.32. The smallest absolute Gasteiger partial charge is 0.312 e. The highest BCUT2D eigenvalue weighted by Crippen LogP contribution is 2.71. The number of nitrogens with zero attached hydrogens (tertiary/aromatic N) is 2. The van der Waals surface area contributed by atoms with Crippen molar-refractivity contribution in [2.45, 2.75) is 99.6 Å². The van der Waals surface area contributed by atoms with E-state index in [4.69, 9.17) is 0 Å². The third kappa shape index (κ3) is 5.69. The molecular weight excluding hydrogens is 642 g/mol. The number of nitrogens with one attached hydrogen (secondary N) is 1. The number of rotatable bonds is 10. The molecule has 0 aliphatic heterocycles. The number of fused-ring (bicyclic) bond motifs is 3. The van der Waals surface area contributed by atoms with E-state index in [2.05, 4.69) is 9.71 Å². The van der Waals surface area contributed by atoms with Crippen molar-refractivity contribution < 1.29 is 30.8 Å². The second kappa shape index (κ2) is 10.8. The van der Waals surface area contributed by atoms with Crippen LogP contribution in [0.2, 0.25) is 0 Å². The maximum atomic E-state index is 14.4. The van der Waals surface area contributed by atoms with Gasteiger partial charge in [0.25, 0.3) is 0 Å². The van der Waals surface area contributed by atoms with Crippen molar-refractivity contribution in [3.05, 3.63) is 78.1 Å². The number of halogens is 4. The quantitative estimate of drug-likeness (QED) is 0.218. The zero-order valence-electron chi connectivity index (χ0n) is 26.7. The van der Waals surface area contributed by atoms with Crippen molar-refractivity contribution in [3.63, 3.8) is 0 Å². The Labute approximate surface area is 278 Å². The molecular formula is C37H39F4N3O3S. The van der Waals surface area contributed by atoms with Crippen LogP contribution in [0, 0.1) is 10.8 Å². The highest BCUT2D eigenvalue weighted by Gasteiger charge is 2.69. The van der Waals surface area contributed by atoms with E-state index < -0.39 is 32.8 Å². The van der Waals surface area contributed by atoms with E-state index in [1.54, 1.807) is 12.1 Å². The first-order valence-corrected chi connectivity index (χ1v) is 18.5. The lowest BCUT2D eigenvalue weighted by Crippen LogP contribution is -2.65. The SMILES string of the molecule is O=C(CC12CC(F)(C1)C2)N(CC12CCC(c3cc(C(F)(F)F)ccn3)(CC1)CC2)c1cccc(-c2ccc(NS(=O)(=O)C3CC3)cc2)c1. The molecule has 1 aromatic heterocycles. The van der Waals surface area contributed by atoms with Crippen LogP contribution in [0.15, 0.2) is 66.9 Å². The lowest BCUT2D eigenvalue weighted by molar-refractivity contribution is -0.215. The Morgan fingerprint density at radius 1 is 0.875 bits per heavy atom. The molecule has 0 radical (unpaired) electrons. The van der Waals surface area contributed by atoms with Gasteiger partial charge in [-0.15, -0.1) is 0 Å². The van der Waals surface area contributed by atoms with Crippen LogP contribution in [-0.4, -0.2) is 36.8 Å². The summed E-state index contributed by atoms with van der Waals surface area (Å²) in [7, 11) is -3.37. The Morgan fingerprint density at radius 2 is 1.54 bits per heavy atom. The van der Waals surface area contributed by atoms with Gasteiger partial charge in [0.1, 0.15) is 5.67 Å². The van der Waals surface area contributed by atoms with Crippen LogP contribution < -0.4 is 9.62 Å². The van der Waals surface area contributed by atoms with Crippen LogP contribution in [0.5, 0.6) is 0 Å². The maximum absolute atomic E-state index is 14.4. The summed E-state index contributed by atoms with van der Waals surface area (Å²) in [4.78, 5) is 20.4. The molecule has 3 aromatic rings. The molecule has 7 aliphatic rings. The molecule has 4 bridgehead atoms. The van der Waals surface area contributed by atoms with Gasteiger partial charge in [-0.2, -0.15) is 13.2 Å². The third-order valence-electron chi connectivity index (χ3n) is 12.0. The predicted molar refractivity (Wildman–Crippen MR) is 176 cm³/mol. The van der Waals surface area contributed by atoms with Crippen LogP contribution in [0.4, 0.5) is 28.9 Å². The van der Waals surface area contributed by atoms with Crippen molar-refractivity contribution >= 4 is 27.3 Å². The van der Waals surface area contributed by atoms with Crippen molar-refractivity contribution in [2.75, 3.05) is 16.2 Å². The molecule has 10 rings (SSSR count). The highest BCUT2D eigenvalue weighted by atomic mass is 32.2. The van der Waals surface area contributed by atoms with E-state index in [9.17, 15) is 30.8 Å². The van der Waals surface area contributed by atoms with Crippen molar-refractivity contribution in [1.29, 1.82) is 0 Å². The molecule has 7 fully saturated rings. The number of hydrogen-bond acceptors (Lipinski definition) is 4. The van der Waals surface area contributed by atoms with Gasteiger partial charge in [0.2, 0.25) is 15.9 Å². The summed E-state index contributed by atoms with van der Waals surface area (Å²) in [5, 5.41) is -0.320. The van der Waals surface area contributed by atoms with E-state index in [0.29, 0.717) is 75.7 Å². The summed E-state index contributed by atoms with van der Waals surface area (Å²) < 4.78 is 82.4. The first-order chi connectivity index (χ1) is 22.7. The number of carbonyl (C=O) groups is 1. The third-order valence-corrected chi connectivity index (χ3v) is 13.9. The molecule has 2 aromatic carbocycles. The van der Waals surface area contributed by atoms with Crippen LogP contribution >= 0.6 is 0 Å². The topological polar surface area (TPSA) is 79.4 Å². The fourth-order valence-corrected chi connectivity index (χ4v) is 10.5. The van der Waals surface area contributed by atoms with Crippen LogP contribution in [0.1, 0.15) is 88.3 Å². The summed E-state index contributed by atoms with van der Waals surface area (Å²) >= 11 is 0. The van der Waals surface area contributed by atoms with E-state index in [-0.39, 0.29) is 22.0 Å². The zero-order chi connectivity index (χ0) is 33.6. The summed E-state index contributed by atoms with van der Waals surface area (Å²) in [6.45, 7) is 0.500. The minimum absolute atomic E-state index is 0.0185. The van der Waals surface area contributed by atoms with Gasteiger partial charge >= 0.3 is 6.18 Å².